The van der Waals surface area contributed by atoms with Crippen LogP contribution in [0, 0.1) is 16.7 Å². The van der Waals surface area contributed by atoms with E-state index in [-0.39, 0.29) is 18.0 Å². The second kappa shape index (κ2) is 5.48. The molecule has 0 bridgehead atoms. The third-order valence-electron chi connectivity index (χ3n) is 2.46. The van der Waals surface area contributed by atoms with Crippen LogP contribution >= 0.6 is 0 Å². The van der Waals surface area contributed by atoms with Crippen molar-refractivity contribution in [3.05, 3.63) is 29.8 Å². The first-order chi connectivity index (χ1) is 8.30. The number of aliphatic hydroxyl groups is 1. The van der Waals surface area contributed by atoms with Crippen LogP contribution in [0.3, 0.4) is 0 Å². The van der Waals surface area contributed by atoms with Crippen LogP contribution in [0.15, 0.2) is 29.2 Å². The highest BCUT2D eigenvalue weighted by atomic mass is 32.2. The fourth-order valence-electron chi connectivity index (χ4n) is 1.14. The molecule has 1 aromatic rings. The number of nitrogens with one attached hydrogen (secondary N) is 1. The SMILES string of the molecule is CC(C)(CO)CNS(=O)(=O)c1ccc(C#N)cc1. The number of hydrogen-bond donors (Lipinski definition) is 2. The Kier molecular flexibility index (Phi) is 4.46. The topological polar surface area (TPSA) is 90.2 Å². The van der Waals surface area contributed by atoms with Crippen molar-refractivity contribution in [2.75, 3.05) is 13.2 Å². The first-order valence-corrected chi connectivity index (χ1v) is 6.90. The number of hydrogen-bond acceptors (Lipinski definition) is 4. The van der Waals surface area contributed by atoms with Crippen LogP contribution in [-0.2, 0) is 10.0 Å². The molecule has 0 atom stereocenters. The Balaban J connectivity index is 2.84. The van der Waals surface area contributed by atoms with Gasteiger partial charge in [0, 0.05) is 18.6 Å². The van der Waals surface area contributed by atoms with Crippen molar-refractivity contribution >= 4 is 10.0 Å². The third kappa shape index (κ3) is 3.81. The molecule has 0 saturated heterocycles. The van der Waals surface area contributed by atoms with Crippen LogP contribution in [0.2, 0.25) is 0 Å². The highest BCUT2D eigenvalue weighted by Crippen LogP contribution is 2.15. The largest absolute Gasteiger partial charge is 0.396 e. The fourth-order valence-corrected chi connectivity index (χ4v) is 2.38. The van der Waals surface area contributed by atoms with Crippen LogP contribution in [-0.4, -0.2) is 26.7 Å². The molecule has 18 heavy (non-hydrogen) atoms. The lowest BCUT2D eigenvalue weighted by atomic mass is 9.96. The minimum absolute atomic E-state index is 0.107. The van der Waals surface area contributed by atoms with Gasteiger partial charge in [0.05, 0.1) is 16.5 Å². The van der Waals surface area contributed by atoms with Crippen molar-refractivity contribution in [3.8, 4) is 6.07 Å². The third-order valence-corrected chi connectivity index (χ3v) is 3.88. The molecule has 0 aliphatic carbocycles. The highest BCUT2D eigenvalue weighted by Gasteiger charge is 2.21. The van der Waals surface area contributed by atoms with Crippen LogP contribution < -0.4 is 4.72 Å². The minimum atomic E-state index is -3.60. The van der Waals surface area contributed by atoms with Crippen LogP contribution in [0.25, 0.3) is 0 Å². The van der Waals surface area contributed by atoms with E-state index in [4.69, 9.17) is 10.4 Å². The smallest absolute Gasteiger partial charge is 0.240 e. The zero-order chi connectivity index (χ0) is 13.8. The molecular formula is C12H16N2O3S. The number of nitrogens with zero attached hydrogens (tertiary/aromatic N) is 1. The second-order valence-corrected chi connectivity index (χ2v) is 6.55. The maximum Gasteiger partial charge on any atom is 0.240 e. The van der Waals surface area contributed by atoms with E-state index in [0.717, 1.165) is 0 Å². The lowest BCUT2D eigenvalue weighted by Crippen LogP contribution is -2.36. The van der Waals surface area contributed by atoms with Crippen molar-refractivity contribution in [2.45, 2.75) is 18.7 Å². The van der Waals surface area contributed by atoms with Crippen molar-refractivity contribution in [3.63, 3.8) is 0 Å². The van der Waals surface area contributed by atoms with E-state index in [1.54, 1.807) is 13.8 Å². The Morgan fingerprint density at radius 2 is 1.89 bits per heavy atom. The minimum Gasteiger partial charge on any atom is -0.396 e. The standard InChI is InChI=1S/C12H16N2O3S/c1-12(2,9-15)8-14-18(16,17)11-5-3-10(7-13)4-6-11/h3-6,14-15H,8-9H2,1-2H3. The van der Waals surface area contributed by atoms with E-state index in [2.05, 4.69) is 4.72 Å². The predicted molar refractivity (Wildman–Crippen MR) is 67.2 cm³/mol. The summed E-state index contributed by atoms with van der Waals surface area (Å²) in [4.78, 5) is 0.107. The summed E-state index contributed by atoms with van der Waals surface area (Å²) >= 11 is 0. The van der Waals surface area contributed by atoms with Crippen LogP contribution in [0.4, 0.5) is 0 Å². The zero-order valence-corrected chi connectivity index (χ0v) is 11.2. The average molecular weight is 268 g/mol. The fraction of sp³-hybridized carbons (Fsp3) is 0.417. The quantitative estimate of drug-likeness (QED) is 0.828. The number of sulfonamides is 1. The number of aliphatic hydroxyl groups excluding tert-OH is 1. The van der Waals surface area contributed by atoms with E-state index in [1.165, 1.54) is 24.3 Å². The molecule has 0 unspecified atom stereocenters. The normalized spacial score (nSPS) is 12.1. The Morgan fingerprint density at radius 3 is 2.33 bits per heavy atom. The summed E-state index contributed by atoms with van der Waals surface area (Å²) in [6.07, 6.45) is 0. The first kappa shape index (κ1) is 14.6. The molecule has 0 aliphatic heterocycles. The summed E-state index contributed by atoms with van der Waals surface area (Å²) in [6, 6.07) is 7.59. The number of benzene rings is 1. The van der Waals surface area contributed by atoms with Gasteiger partial charge in [-0.05, 0) is 24.3 Å². The lowest BCUT2D eigenvalue weighted by Gasteiger charge is -2.21. The molecule has 2 N–H and O–H groups in total. The highest BCUT2D eigenvalue weighted by molar-refractivity contribution is 7.89. The monoisotopic (exact) mass is 268 g/mol. The predicted octanol–water partition coefficient (Wildman–Crippen LogP) is 0.855. The molecule has 0 radical (unpaired) electrons. The summed E-state index contributed by atoms with van der Waals surface area (Å²) in [7, 11) is -3.60. The van der Waals surface area contributed by atoms with Gasteiger partial charge in [-0.1, -0.05) is 13.8 Å². The molecule has 0 amide bonds. The number of nitriles is 1. The molecule has 0 aliphatic rings. The van der Waals surface area contributed by atoms with Gasteiger partial charge in [0.1, 0.15) is 0 Å². The van der Waals surface area contributed by atoms with Crippen molar-refractivity contribution in [2.24, 2.45) is 5.41 Å². The van der Waals surface area contributed by atoms with Gasteiger partial charge in [-0.15, -0.1) is 0 Å². The van der Waals surface area contributed by atoms with E-state index < -0.39 is 15.4 Å². The molecule has 0 aromatic heterocycles. The molecule has 98 valence electrons. The van der Waals surface area contributed by atoms with Gasteiger partial charge >= 0.3 is 0 Å². The molecule has 0 spiro atoms. The van der Waals surface area contributed by atoms with Gasteiger partial charge in [-0.25, -0.2) is 13.1 Å². The molecular weight excluding hydrogens is 252 g/mol. The average Bonchev–Trinajstić information content (AvgIpc) is 2.37. The molecule has 1 rings (SSSR count). The molecule has 0 saturated carbocycles. The molecule has 5 nitrogen and oxygen atoms in total. The van der Waals surface area contributed by atoms with Crippen molar-refractivity contribution in [1.82, 2.24) is 4.72 Å². The van der Waals surface area contributed by atoms with Gasteiger partial charge in [-0.3, -0.25) is 0 Å². The van der Waals surface area contributed by atoms with Gasteiger partial charge in [0.25, 0.3) is 0 Å². The Labute approximate surface area is 107 Å². The molecule has 0 heterocycles. The molecule has 0 fully saturated rings. The van der Waals surface area contributed by atoms with Crippen molar-refractivity contribution < 1.29 is 13.5 Å². The summed E-state index contributed by atoms with van der Waals surface area (Å²) in [5.74, 6) is 0. The van der Waals surface area contributed by atoms with E-state index >= 15 is 0 Å². The summed E-state index contributed by atoms with van der Waals surface area (Å²) in [5, 5.41) is 17.7. The summed E-state index contributed by atoms with van der Waals surface area (Å²) in [6.45, 7) is 3.55. The van der Waals surface area contributed by atoms with E-state index in [0.29, 0.717) is 5.56 Å². The molecule has 1 aromatic carbocycles. The molecule has 6 heteroatoms. The van der Waals surface area contributed by atoms with E-state index in [9.17, 15) is 8.42 Å². The van der Waals surface area contributed by atoms with Gasteiger partial charge in [0.15, 0.2) is 0 Å². The van der Waals surface area contributed by atoms with Gasteiger partial charge < -0.3 is 5.11 Å². The Morgan fingerprint density at radius 1 is 1.33 bits per heavy atom. The summed E-state index contributed by atoms with van der Waals surface area (Å²) < 4.78 is 26.3. The summed E-state index contributed by atoms with van der Waals surface area (Å²) in [5.41, 5.74) is -0.107. The maximum atomic E-state index is 11.9. The Bertz CT molecular complexity index is 542. The Hall–Kier alpha value is -1.42. The first-order valence-electron chi connectivity index (χ1n) is 5.41. The number of rotatable bonds is 5. The zero-order valence-electron chi connectivity index (χ0n) is 10.3. The van der Waals surface area contributed by atoms with E-state index in [1.807, 2.05) is 6.07 Å². The van der Waals surface area contributed by atoms with Gasteiger partial charge in [0.2, 0.25) is 10.0 Å². The van der Waals surface area contributed by atoms with Gasteiger partial charge in [-0.2, -0.15) is 5.26 Å². The maximum absolute atomic E-state index is 11.9. The second-order valence-electron chi connectivity index (χ2n) is 4.78. The van der Waals surface area contributed by atoms with Crippen LogP contribution in [0.1, 0.15) is 19.4 Å². The van der Waals surface area contributed by atoms with Crippen LogP contribution in [0.5, 0.6) is 0 Å². The lowest BCUT2D eigenvalue weighted by molar-refractivity contribution is 0.163. The van der Waals surface area contributed by atoms with Crippen molar-refractivity contribution in [1.29, 1.82) is 5.26 Å².